The van der Waals surface area contributed by atoms with E-state index in [1.807, 2.05) is 54.4 Å². The van der Waals surface area contributed by atoms with Crippen LogP contribution in [0.15, 0.2) is 48.7 Å². The van der Waals surface area contributed by atoms with Crippen molar-refractivity contribution in [2.75, 3.05) is 20.1 Å². The van der Waals surface area contributed by atoms with E-state index in [9.17, 15) is 9.59 Å². The molecule has 5 rings (SSSR count). The normalized spacial score (nSPS) is 21.2. The molecule has 1 atom stereocenters. The number of H-pyrrole nitrogens is 1. The molecule has 1 aromatic carbocycles. The van der Waals surface area contributed by atoms with Gasteiger partial charge in [0.2, 0.25) is 5.91 Å². The molecule has 2 fully saturated rings. The first-order valence-corrected chi connectivity index (χ1v) is 9.52. The zero-order valence-electron chi connectivity index (χ0n) is 15.6. The highest BCUT2D eigenvalue weighted by atomic mass is 16.2. The van der Waals surface area contributed by atoms with Gasteiger partial charge in [-0.2, -0.15) is 5.10 Å². The topological polar surface area (TPSA) is 82.2 Å². The molecular weight excluding hydrogens is 354 g/mol. The molecule has 0 saturated carbocycles. The molecule has 3 aromatic rings. The van der Waals surface area contributed by atoms with Crippen molar-refractivity contribution in [3.63, 3.8) is 0 Å². The second-order valence-electron chi connectivity index (χ2n) is 7.64. The van der Waals surface area contributed by atoms with Crippen LogP contribution in [0.3, 0.4) is 0 Å². The van der Waals surface area contributed by atoms with Gasteiger partial charge in [0.05, 0.1) is 22.7 Å². The van der Waals surface area contributed by atoms with Gasteiger partial charge < -0.3 is 9.80 Å². The molecular formula is C21H21N5O2. The van der Waals surface area contributed by atoms with Gasteiger partial charge in [-0.05, 0) is 31.0 Å². The number of piperidine rings is 1. The predicted octanol–water partition coefficient (Wildman–Crippen LogP) is 2.39. The summed E-state index contributed by atoms with van der Waals surface area (Å²) in [4.78, 5) is 33.9. The molecule has 0 bridgehead atoms. The molecule has 0 radical (unpaired) electrons. The molecule has 2 aromatic heterocycles. The van der Waals surface area contributed by atoms with Crippen molar-refractivity contribution in [2.24, 2.45) is 5.41 Å². The van der Waals surface area contributed by atoms with Gasteiger partial charge in [0.15, 0.2) is 5.69 Å². The van der Waals surface area contributed by atoms with Crippen molar-refractivity contribution in [2.45, 2.75) is 18.9 Å². The molecule has 1 N–H and O–H groups in total. The molecule has 2 aliphatic heterocycles. The van der Waals surface area contributed by atoms with Gasteiger partial charge in [0.1, 0.15) is 0 Å². The van der Waals surface area contributed by atoms with Gasteiger partial charge >= 0.3 is 0 Å². The van der Waals surface area contributed by atoms with E-state index >= 15 is 0 Å². The molecule has 1 unspecified atom stereocenters. The first-order chi connectivity index (χ1) is 13.6. The molecule has 2 aliphatic rings. The van der Waals surface area contributed by atoms with E-state index in [-0.39, 0.29) is 17.9 Å². The number of aromatic amines is 1. The third-order valence-corrected chi connectivity index (χ3v) is 6.24. The van der Waals surface area contributed by atoms with Gasteiger partial charge in [0.25, 0.3) is 5.91 Å². The van der Waals surface area contributed by atoms with E-state index in [0.29, 0.717) is 31.6 Å². The van der Waals surface area contributed by atoms with E-state index in [1.54, 1.807) is 11.1 Å². The minimum absolute atomic E-state index is 0.0235. The predicted molar refractivity (Wildman–Crippen MR) is 103 cm³/mol. The summed E-state index contributed by atoms with van der Waals surface area (Å²) in [5.74, 6) is 0.0716. The number of β-lactam (4-membered cyclic amide) rings is 1. The van der Waals surface area contributed by atoms with E-state index < -0.39 is 5.41 Å². The summed E-state index contributed by atoms with van der Waals surface area (Å²) in [5.41, 5.74) is 1.77. The molecule has 7 nitrogen and oxygen atoms in total. The number of benzene rings is 1. The molecule has 7 heteroatoms. The van der Waals surface area contributed by atoms with Gasteiger partial charge in [0, 0.05) is 31.7 Å². The number of nitrogens with zero attached hydrogens (tertiary/aromatic N) is 4. The standard InChI is InChI=1S/C21H21N5O2/c1-25-18(16-8-4-5-11-22-16)21(20(25)28)9-12-26(13-10-21)19(27)17-14-6-2-3-7-15(14)23-24-17/h2-8,11,18H,9-10,12-13H2,1H3,(H,23,24). The Morgan fingerprint density at radius 2 is 1.89 bits per heavy atom. The van der Waals surface area contributed by atoms with Crippen LogP contribution in [0.4, 0.5) is 0 Å². The van der Waals surface area contributed by atoms with Crippen molar-refractivity contribution in [3.05, 3.63) is 60.0 Å². The Labute approximate surface area is 162 Å². The smallest absolute Gasteiger partial charge is 0.274 e. The maximum Gasteiger partial charge on any atom is 0.274 e. The van der Waals surface area contributed by atoms with Gasteiger partial charge in [-0.3, -0.25) is 19.7 Å². The number of para-hydroxylation sites is 1. The number of fused-ring (bicyclic) bond motifs is 1. The second kappa shape index (κ2) is 6.15. The number of likely N-dealkylation sites (tertiary alicyclic amines) is 2. The van der Waals surface area contributed by atoms with Crippen molar-refractivity contribution in [1.82, 2.24) is 25.0 Å². The molecule has 28 heavy (non-hydrogen) atoms. The lowest BCUT2D eigenvalue weighted by Crippen LogP contribution is -2.65. The summed E-state index contributed by atoms with van der Waals surface area (Å²) in [6.45, 7) is 1.09. The highest BCUT2D eigenvalue weighted by Crippen LogP contribution is 2.54. The number of carbonyl (C=O) groups excluding carboxylic acids is 2. The number of hydrogen-bond donors (Lipinski definition) is 1. The van der Waals surface area contributed by atoms with E-state index in [0.717, 1.165) is 16.6 Å². The fourth-order valence-electron chi connectivity index (χ4n) is 4.78. The minimum Gasteiger partial charge on any atom is -0.337 e. The molecule has 4 heterocycles. The Morgan fingerprint density at radius 1 is 1.14 bits per heavy atom. The molecule has 142 valence electrons. The largest absolute Gasteiger partial charge is 0.337 e. The Morgan fingerprint density at radius 3 is 2.64 bits per heavy atom. The van der Waals surface area contributed by atoms with E-state index in [2.05, 4.69) is 15.2 Å². The average molecular weight is 375 g/mol. The van der Waals surface area contributed by atoms with Crippen LogP contribution in [-0.4, -0.2) is 56.9 Å². The Bertz CT molecular complexity index is 1050. The minimum atomic E-state index is -0.451. The number of carbonyl (C=O) groups is 2. The summed E-state index contributed by atoms with van der Waals surface area (Å²) >= 11 is 0. The fourth-order valence-corrected chi connectivity index (χ4v) is 4.78. The van der Waals surface area contributed by atoms with Crippen molar-refractivity contribution >= 4 is 22.7 Å². The summed E-state index contributed by atoms with van der Waals surface area (Å²) in [6.07, 6.45) is 3.05. The maximum absolute atomic E-state index is 13.0. The average Bonchev–Trinajstić information content (AvgIpc) is 3.18. The number of hydrogen-bond acceptors (Lipinski definition) is 4. The number of rotatable bonds is 2. The van der Waals surface area contributed by atoms with Crippen LogP contribution in [0.1, 0.15) is 35.1 Å². The van der Waals surface area contributed by atoms with E-state index in [1.165, 1.54) is 0 Å². The highest BCUT2D eigenvalue weighted by molar-refractivity contribution is 6.04. The highest BCUT2D eigenvalue weighted by Gasteiger charge is 2.60. The third kappa shape index (κ3) is 2.28. The third-order valence-electron chi connectivity index (χ3n) is 6.24. The van der Waals surface area contributed by atoms with Crippen molar-refractivity contribution < 1.29 is 9.59 Å². The van der Waals surface area contributed by atoms with Crippen LogP contribution in [0.5, 0.6) is 0 Å². The number of nitrogens with one attached hydrogen (secondary N) is 1. The van der Waals surface area contributed by atoms with Crippen molar-refractivity contribution in [1.29, 1.82) is 0 Å². The Kier molecular flexibility index (Phi) is 3.72. The van der Waals surface area contributed by atoms with Crippen LogP contribution < -0.4 is 0 Å². The van der Waals surface area contributed by atoms with Crippen LogP contribution in [0.2, 0.25) is 0 Å². The number of amides is 2. The van der Waals surface area contributed by atoms with Crippen molar-refractivity contribution in [3.8, 4) is 0 Å². The maximum atomic E-state index is 13.0. The quantitative estimate of drug-likeness (QED) is 0.697. The van der Waals surface area contributed by atoms with Crippen LogP contribution in [-0.2, 0) is 4.79 Å². The lowest BCUT2D eigenvalue weighted by Gasteiger charge is -2.57. The lowest BCUT2D eigenvalue weighted by molar-refractivity contribution is -0.176. The molecule has 0 aliphatic carbocycles. The SMILES string of the molecule is CN1C(=O)C2(CCN(C(=O)c3n[nH]c4ccccc34)CC2)C1c1ccccn1. The molecule has 2 amide bonds. The Balaban J connectivity index is 1.37. The molecule has 1 spiro atoms. The van der Waals surface area contributed by atoms with Gasteiger partial charge in [-0.15, -0.1) is 0 Å². The number of aromatic nitrogens is 3. The van der Waals surface area contributed by atoms with Crippen LogP contribution in [0, 0.1) is 5.41 Å². The summed E-state index contributed by atoms with van der Waals surface area (Å²) in [7, 11) is 1.83. The summed E-state index contributed by atoms with van der Waals surface area (Å²) in [5, 5.41) is 7.98. The first kappa shape index (κ1) is 16.9. The first-order valence-electron chi connectivity index (χ1n) is 9.52. The zero-order valence-corrected chi connectivity index (χ0v) is 15.6. The Hall–Kier alpha value is -3.22. The molecule has 2 saturated heterocycles. The van der Waals surface area contributed by atoms with Gasteiger partial charge in [-0.1, -0.05) is 24.3 Å². The number of pyridine rings is 1. The van der Waals surface area contributed by atoms with Gasteiger partial charge in [-0.25, -0.2) is 0 Å². The van der Waals surface area contributed by atoms with E-state index in [4.69, 9.17) is 0 Å². The van der Waals surface area contributed by atoms with Crippen LogP contribution in [0.25, 0.3) is 10.9 Å². The second-order valence-corrected chi connectivity index (χ2v) is 7.64. The monoisotopic (exact) mass is 375 g/mol. The van der Waals surface area contributed by atoms with Crippen LogP contribution >= 0.6 is 0 Å². The zero-order chi connectivity index (χ0) is 19.3. The fraction of sp³-hybridized carbons (Fsp3) is 0.333. The lowest BCUT2D eigenvalue weighted by atomic mass is 9.63. The summed E-state index contributed by atoms with van der Waals surface area (Å²) < 4.78 is 0. The summed E-state index contributed by atoms with van der Waals surface area (Å²) in [6, 6.07) is 13.4.